The van der Waals surface area contributed by atoms with Gasteiger partial charge in [-0.3, -0.25) is 0 Å². The molecule has 0 nitrogen and oxygen atoms in total. The van der Waals surface area contributed by atoms with Crippen molar-refractivity contribution in [1.82, 2.24) is 0 Å². The predicted octanol–water partition coefficient (Wildman–Crippen LogP) is -0.370. The first-order chi connectivity index (χ1) is 0. The van der Waals surface area contributed by atoms with Gasteiger partial charge in [-0.25, -0.2) is 0 Å². The molecule has 0 aliphatic heterocycles. The molecule has 0 amide bonds. The van der Waals surface area contributed by atoms with Gasteiger partial charge in [0.05, 0.1) is 0 Å². The number of hydrogen-bond acceptors (Lipinski definition) is 0. The van der Waals surface area contributed by atoms with Crippen LogP contribution in [0.4, 0.5) is 0 Å². The summed E-state index contributed by atoms with van der Waals surface area (Å²) in [5.41, 5.74) is 0. The van der Waals surface area contributed by atoms with Crippen molar-refractivity contribution < 1.29 is 2750 Å². The summed E-state index contributed by atoms with van der Waals surface area (Å²) in [5.74, 6) is 0. The second kappa shape index (κ2) is 1690. The Labute approximate surface area is 2670 Å². The van der Waals surface area contributed by atoms with Crippen LogP contribution < -0.4 is 0 Å². The molecule has 0 aromatic carbocycles. The smallest absolute Gasteiger partial charge is 0 e. The average Bonchev–Trinajstić information content (AvgIpc) is 0. The molecular formula is V148. The van der Waals surface area contributed by atoms with Crippen LogP contribution in [0, 0.1) is 0 Å². The number of rotatable bonds is 0. The third-order valence-corrected chi connectivity index (χ3v) is 0. The molecule has 740 valence electrons. The number of hydrogen-bond donors (Lipinski definition) is 0. The monoisotopic (exact) mass is 7540 g/mol. The maximum atomic E-state index is 0. The van der Waals surface area contributed by atoms with Crippen molar-refractivity contribution in [2.45, 2.75) is 0 Å². The molecule has 148 heteroatoms. The summed E-state index contributed by atoms with van der Waals surface area (Å²) in [5, 5.41) is 0. The van der Waals surface area contributed by atoms with Crippen LogP contribution in [0.3, 0.4) is 0 Å². The van der Waals surface area contributed by atoms with Crippen LogP contribution in [0.5, 0.6) is 0 Å². The fraction of sp³-hybridized carbons (Fsp3) is 0. The summed E-state index contributed by atoms with van der Waals surface area (Å²) in [7, 11) is 0. The van der Waals surface area contributed by atoms with E-state index in [1.165, 1.54) is 0 Å². The van der Waals surface area contributed by atoms with Crippen LogP contribution in [-0.2, 0) is 2750 Å². The van der Waals surface area contributed by atoms with Gasteiger partial charge in [0, 0.05) is 2750 Å². The molecule has 0 heterocycles. The Hall–Kier alpha value is 86.5. The minimum Gasteiger partial charge on any atom is 0 e. The van der Waals surface area contributed by atoms with Crippen molar-refractivity contribution in [1.29, 1.82) is 0 Å². The van der Waals surface area contributed by atoms with Gasteiger partial charge in [0.1, 0.15) is 0 Å². The molecule has 0 atom stereocenters. The zero-order chi connectivity index (χ0) is 0. The molecular weight excluding hydrogens is 7540 g/mol. The van der Waals surface area contributed by atoms with Crippen molar-refractivity contribution in [2.24, 2.45) is 0 Å². The molecule has 0 saturated heterocycles. The summed E-state index contributed by atoms with van der Waals surface area (Å²) in [6, 6.07) is 0. The molecule has 0 aromatic heterocycles. The van der Waals surface area contributed by atoms with Gasteiger partial charge >= 0.3 is 0 Å². The van der Waals surface area contributed by atoms with Crippen LogP contribution in [0.25, 0.3) is 0 Å². The predicted molar refractivity (Wildman–Crippen MR) is 0 cm³/mol. The molecule has 0 N–H and O–H groups in total. The van der Waals surface area contributed by atoms with Gasteiger partial charge in [-0.05, 0) is 0 Å². The van der Waals surface area contributed by atoms with Crippen LogP contribution in [0.1, 0.15) is 0 Å². The van der Waals surface area contributed by atoms with E-state index in [0.717, 1.165) is 0 Å². The summed E-state index contributed by atoms with van der Waals surface area (Å²) >= 11 is 0. The Morgan fingerprint density at radius 1 is 0.00676 bits per heavy atom. The Bertz CT molecular complexity index is 0. The van der Waals surface area contributed by atoms with E-state index >= 15 is 0 Å². The molecule has 0 spiro atoms. The van der Waals surface area contributed by atoms with E-state index in [-0.39, 0.29) is 2750 Å². The molecule has 0 aromatic rings. The quantitative estimate of drug-likeness (QED) is 0.312. The summed E-state index contributed by atoms with van der Waals surface area (Å²) in [4.78, 5) is 0. The fourth-order valence-electron chi connectivity index (χ4n) is 0. The van der Waals surface area contributed by atoms with Crippen LogP contribution in [-0.4, -0.2) is 0 Å². The zero-order valence-corrected chi connectivity index (χ0v) is 273. The minimum absolute atomic E-state index is 0. The van der Waals surface area contributed by atoms with E-state index < -0.39 is 0 Å². The first-order valence-corrected chi connectivity index (χ1v) is 0. The van der Waals surface area contributed by atoms with Gasteiger partial charge in [-0.1, -0.05) is 0 Å². The normalized spacial score (nSPS) is 0. The third-order valence-electron chi connectivity index (χ3n) is 0. The molecule has 0 aliphatic carbocycles. The molecule has 148 heavy (non-hydrogen) atoms. The van der Waals surface area contributed by atoms with Crippen LogP contribution in [0.2, 0.25) is 0 Å². The second-order valence-corrected chi connectivity index (χ2v) is 0. The molecule has 0 saturated carbocycles. The molecule has 148 radical (unpaired) electrons. The van der Waals surface area contributed by atoms with E-state index in [0.29, 0.717) is 0 Å². The van der Waals surface area contributed by atoms with Crippen molar-refractivity contribution >= 4 is 0 Å². The molecule has 0 fully saturated rings. The Morgan fingerprint density at radius 2 is 0.00676 bits per heavy atom. The maximum Gasteiger partial charge on any atom is 0 e. The zero-order valence-electron chi connectivity index (χ0n) is 66.2. The first kappa shape index (κ1) is 1710. The summed E-state index contributed by atoms with van der Waals surface area (Å²) < 4.78 is 0. The van der Waals surface area contributed by atoms with E-state index in [2.05, 4.69) is 0 Å². The minimum atomic E-state index is 0. The molecule has 0 unspecified atom stereocenters. The molecule has 0 rings (SSSR count). The van der Waals surface area contributed by atoms with Crippen molar-refractivity contribution in [3.05, 3.63) is 0 Å². The maximum absolute atomic E-state index is 0. The van der Waals surface area contributed by atoms with Gasteiger partial charge in [-0.2, -0.15) is 0 Å². The van der Waals surface area contributed by atoms with Crippen molar-refractivity contribution in [3.63, 3.8) is 0 Å². The molecule has 0 aliphatic rings. The van der Waals surface area contributed by atoms with Crippen LogP contribution >= 0.6 is 0 Å². The topological polar surface area (TPSA) is 0 Å². The Morgan fingerprint density at radius 3 is 0.00676 bits per heavy atom. The summed E-state index contributed by atoms with van der Waals surface area (Å²) in [6.45, 7) is 0. The van der Waals surface area contributed by atoms with Gasteiger partial charge in [0.15, 0.2) is 0 Å². The van der Waals surface area contributed by atoms with Gasteiger partial charge < -0.3 is 0 Å². The van der Waals surface area contributed by atoms with E-state index in [4.69, 9.17) is 0 Å². The SMILES string of the molecule is [V].[V].[V].[V].[V].[V].[V].[V].[V].[V].[V].[V].[V].[V].[V].[V].[V].[V].[V].[V].[V].[V].[V].[V].[V].[V].[V].[V].[V].[V].[V].[V].[V].[V].[V].[V].[V].[V].[V].[V].[V].[V].[V].[V].[V].[V].[V].[V].[V].[V].[V].[V].[V].[V].[V].[V].[V].[V].[V].[V].[V].[V].[V].[V].[V].[V].[V].[V].[V].[V].[V].[V].[V].[V].[V].[V].[V].[V].[V].[V].[V].[V].[V].[V].[V].[V].[V].[V].[V].[V].[V].[V].[V].[V].[V].[V].[V].[V].[V].[V].[V].[V].[V].[V].[V].[V].[V].[V].[V].[V].[V].[V].[V].[V].[V].[V].[V].[V].[V].[V].[V].[V].[V].[V].[V].[V].[V].[V].[V].[V].[V].[V].[V].[V].[V].[V].[V].[V].[V].[V].[V].[V].[V].[V].[V].[V].[V].[V]. The summed E-state index contributed by atoms with van der Waals surface area (Å²) in [6.07, 6.45) is 0. The van der Waals surface area contributed by atoms with Crippen molar-refractivity contribution in [3.8, 4) is 0 Å². The average molecular weight is 7540 g/mol. The first-order valence-electron chi connectivity index (χ1n) is 0. The van der Waals surface area contributed by atoms with Crippen LogP contribution in [0.15, 0.2) is 0 Å². The van der Waals surface area contributed by atoms with Crippen molar-refractivity contribution in [2.75, 3.05) is 0 Å². The standard InChI is InChI=1S/148V. The van der Waals surface area contributed by atoms with E-state index in [9.17, 15) is 0 Å². The van der Waals surface area contributed by atoms with E-state index in [1.54, 1.807) is 0 Å². The molecule has 0 bridgehead atoms. The largest absolute Gasteiger partial charge is 0 e. The Kier molecular flexibility index (Phi) is 19500. The van der Waals surface area contributed by atoms with E-state index in [1.807, 2.05) is 0 Å². The van der Waals surface area contributed by atoms with Gasteiger partial charge in [0.2, 0.25) is 0 Å². The van der Waals surface area contributed by atoms with Gasteiger partial charge in [0.25, 0.3) is 0 Å². The fourth-order valence-corrected chi connectivity index (χ4v) is 0. The Balaban J connectivity index is 0. The third kappa shape index (κ3) is 1670. The second-order valence-electron chi connectivity index (χ2n) is 0. The van der Waals surface area contributed by atoms with Gasteiger partial charge in [-0.15, -0.1) is 0 Å².